The molecule has 2 aromatic rings. The van der Waals surface area contributed by atoms with E-state index in [2.05, 4.69) is 24.1 Å². The van der Waals surface area contributed by atoms with E-state index in [0.29, 0.717) is 5.69 Å². The van der Waals surface area contributed by atoms with Gasteiger partial charge in [-0.2, -0.15) is 10.2 Å². The zero-order valence-electron chi connectivity index (χ0n) is 12.8. The first kappa shape index (κ1) is 15.0. The largest absolute Gasteiger partial charge is 0.508 e. The molecule has 2 N–H and O–H groups in total. The van der Waals surface area contributed by atoms with Crippen LogP contribution in [-0.4, -0.2) is 10.2 Å². The lowest BCUT2D eigenvalue weighted by Crippen LogP contribution is -1.89. The van der Waals surface area contributed by atoms with Crippen LogP contribution >= 0.6 is 0 Å². The van der Waals surface area contributed by atoms with Crippen LogP contribution in [0, 0.1) is 13.8 Å². The van der Waals surface area contributed by atoms with Crippen molar-refractivity contribution in [1.82, 2.24) is 0 Å². The second-order valence-electron chi connectivity index (χ2n) is 5.52. The van der Waals surface area contributed by atoms with E-state index in [-0.39, 0.29) is 17.4 Å². The second-order valence-corrected chi connectivity index (χ2v) is 5.52. The number of hydrogen-bond donors (Lipinski definition) is 2. The van der Waals surface area contributed by atoms with Gasteiger partial charge in [0.15, 0.2) is 0 Å². The first-order valence-corrected chi connectivity index (χ1v) is 6.93. The van der Waals surface area contributed by atoms with Crippen LogP contribution in [0.25, 0.3) is 0 Å². The maximum absolute atomic E-state index is 9.83. The summed E-state index contributed by atoms with van der Waals surface area (Å²) in [5, 5.41) is 27.8. The third-order valence-electron chi connectivity index (χ3n) is 3.41. The van der Waals surface area contributed by atoms with Gasteiger partial charge >= 0.3 is 0 Å². The molecule has 2 rings (SSSR count). The summed E-state index contributed by atoms with van der Waals surface area (Å²) in [6, 6.07) is 8.56. The van der Waals surface area contributed by atoms with Gasteiger partial charge in [-0.25, -0.2) is 0 Å². The maximum atomic E-state index is 9.83. The van der Waals surface area contributed by atoms with E-state index >= 15 is 0 Å². The molecule has 0 unspecified atom stereocenters. The third-order valence-corrected chi connectivity index (χ3v) is 3.41. The average molecular weight is 284 g/mol. The molecular formula is C17H20N2O2. The lowest BCUT2D eigenvalue weighted by Gasteiger charge is -2.11. The molecule has 0 radical (unpaired) electrons. The molecule has 0 aromatic heterocycles. The van der Waals surface area contributed by atoms with Gasteiger partial charge in [-0.1, -0.05) is 13.8 Å². The zero-order chi connectivity index (χ0) is 15.6. The average Bonchev–Trinajstić information content (AvgIpc) is 2.41. The van der Waals surface area contributed by atoms with E-state index in [1.54, 1.807) is 24.3 Å². The number of azo groups is 1. The van der Waals surface area contributed by atoms with Crippen molar-refractivity contribution in [2.75, 3.05) is 0 Å². The van der Waals surface area contributed by atoms with Crippen LogP contribution in [0.15, 0.2) is 40.6 Å². The van der Waals surface area contributed by atoms with E-state index in [1.165, 1.54) is 0 Å². The Kier molecular flexibility index (Phi) is 4.26. The van der Waals surface area contributed by atoms with Crippen LogP contribution in [0.1, 0.15) is 36.5 Å². The number of benzene rings is 2. The zero-order valence-corrected chi connectivity index (χ0v) is 12.8. The van der Waals surface area contributed by atoms with Crippen molar-refractivity contribution in [1.29, 1.82) is 0 Å². The number of rotatable bonds is 3. The number of phenols is 2. The van der Waals surface area contributed by atoms with Crippen molar-refractivity contribution in [3.8, 4) is 11.5 Å². The number of hydrogen-bond acceptors (Lipinski definition) is 4. The minimum atomic E-state index is 0.217. The summed E-state index contributed by atoms with van der Waals surface area (Å²) in [6.07, 6.45) is 0. The number of aryl methyl sites for hydroxylation is 2. The Balaban J connectivity index is 2.42. The summed E-state index contributed by atoms with van der Waals surface area (Å²) in [4.78, 5) is 0. The molecule has 0 atom stereocenters. The molecule has 0 saturated carbocycles. The van der Waals surface area contributed by atoms with Gasteiger partial charge < -0.3 is 10.2 Å². The van der Waals surface area contributed by atoms with Gasteiger partial charge in [-0.05, 0) is 66.8 Å². The maximum Gasteiger partial charge on any atom is 0.118 e. The molecule has 0 aliphatic heterocycles. The van der Waals surface area contributed by atoms with Crippen molar-refractivity contribution in [2.24, 2.45) is 10.2 Å². The Morgan fingerprint density at radius 1 is 0.857 bits per heavy atom. The Bertz CT molecular complexity index is 691. The van der Waals surface area contributed by atoms with E-state index in [1.807, 2.05) is 19.9 Å². The van der Waals surface area contributed by atoms with Gasteiger partial charge in [-0.3, -0.25) is 0 Å². The van der Waals surface area contributed by atoms with Crippen molar-refractivity contribution >= 4 is 11.4 Å². The normalized spacial score (nSPS) is 11.5. The SMILES string of the molecule is Cc1cc(N=Nc2ccc(O)cc2C)c(C(C)C)cc1O. The van der Waals surface area contributed by atoms with Crippen molar-refractivity contribution < 1.29 is 10.2 Å². The summed E-state index contributed by atoms with van der Waals surface area (Å²) in [7, 11) is 0. The van der Waals surface area contributed by atoms with E-state index < -0.39 is 0 Å². The molecule has 21 heavy (non-hydrogen) atoms. The van der Waals surface area contributed by atoms with Gasteiger partial charge in [0, 0.05) is 0 Å². The fourth-order valence-electron chi connectivity index (χ4n) is 2.11. The van der Waals surface area contributed by atoms with E-state index in [9.17, 15) is 10.2 Å². The summed E-state index contributed by atoms with van der Waals surface area (Å²) >= 11 is 0. The number of aromatic hydroxyl groups is 2. The molecule has 110 valence electrons. The van der Waals surface area contributed by atoms with Gasteiger partial charge in [-0.15, -0.1) is 0 Å². The smallest absolute Gasteiger partial charge is 0.118 e. The first-order valence-electron chi connectivity index (χ1n) is 6.93. The highest BCUT2D eigenvalue weighted by atomic mass is 16.3. The lowest BCUT2D eigenvalue weighted by molar-refractivity contribution is 0.470. The number of nitrogens with zero attached hydrogens (tertiary/aromatic N) is 2. The third kappa shape index (κ3) is 3.40. The summed E-state index contributed by atoms with van der Waals surface area (Å²) in [5.41, 5.74) is 4.07. The minimum absolute atomic E-state index is 0.217. The summed E-state index contributed by atoms with van der Waals surface area (Å²) in [5.74, 6) is 0.736. The van der Waals surface area contributed by atoms with Gasteiger partial charge in [0.25, 0.3) is 0 Å². The second kappa shape index (κ2) is 5.95. The van der Waals surface area contributed by atoms with E-state index in [4.69, 9.17) is 0 Å². The van der Waals surface area contributed by atoms with Crippen LogP contribution in [-0.2, 0) is 0 Å². The monoisotopic (exact) mass is 284 g/mol. The molecule has 2 aromatic carbocycles. The summed E-state index contributed by atoms with van der Waals surface area (Å²) in [6.45, 7) is 7.81. The fourth-order valence-corrected chi connectivity index (χ4v) is 2.11. The van der Waals surface area contributed by atoms with Crippen LogP contribution < -0.4 is 0 Å². The Morgan fingerprint density at radius 3 is 2.14 bits per heavy atom. The van der Waals surface area contributed by atoms with Crippen molar-refractivity contribution in [3.63, 3.8) is 0 Å². The lowest BCUT2D eigenvalue weighted by atomic mass is 9.99. The highest BCUT2D eigenvalue weighted by molar-refractivity contribution is 5.55. The van der Waals surface area contributed by atoms with Gasteiger partial charge in [0.1, 0.15) is 11.5 Å². The minimum Gasteiger partial charge on any atom is -0.508 e. The Morgan fingerprint density at radius 2 is 1.52 bits per heavy atom. The van der Waals surface area contributed by atoms with Crippen LogP contribution in [0.2, 0.25) is 0 Å². The van der Waals surface area contributed by atoms with Crippen molar-refractivity contribution in [3.05, 3.63) is 47.0 Å². The fraction of sp³-hybridized carbons (Fsp3) is 0.294. The molecular weight excluding hydrogens is 264 g/mol. The number of phenolic OH excluding ortho intramolecular Hbond substituents is 2. The first-order chi connectivity index (χ1) is 9.88. The predicted molar refractivity (Wildman–Crippen MR) is 84.0 cm³/mol. The molecule has 4 heteroatoms. The predicted octanol–water partition coefficient (Wildman–Crippen LogP) is 5.25. The standard InChI is InChI=1S/C17H20N2O2/c1-10(2)14-9-17(21)12(4)8-16(14)19-18-15-6-5-13(20)7-11(15)3/h5-10,20-21H,1-4H3. The molecule has 0 amide bonds. The highest BCUT2D eigenvalue weighted by Gasteiger charge is 2.10. The topological polar surface area (TPSA) is 65.2 Å². The molecule has 0 saturated heterocycles. The van der Waals surface area contributed by atoms with Gasteiger partial charge in [0.2, 0.25) is 0 Å². The quantitative estimate of drug-likeness (QED) is 0.755. The van der Waals surface area contributed by atoms with Crippen molar-refractivity contribution in [2.45, 2.75) is 33.6 Å². The Hall–Kier alpha value is -2.36. The van der Waals surface area contributed by atoms with Crippen LogP contribution in [0.4, 0.5) is 11.4 Å². The molecule has 4 nitrogen and oxygen atoms in total. The molecule has 0 heterocycles. The van der Waals surface area contributed by atoms with E-state index in [0.717, 1.165) is 22.4 Å². The molecule has 0 aliphatic rings. The van der Waals surface area contributed by atoms with Gasteiger partial charge in [0.05, 0.1) is 11.4 Å². The molecule has 0 spiro atoms. The summed E-state index contributed by atoms with van der Waals surface area (Å²) < 4.78 is 0. The van der Waals surface area contributed by atoms with Crippen LogP contribution in [0.3, 0.4) is 0 Å². The highest BCUT2D eigenvalue weighted by Crippen LogP contribution is 2.34. The van der Waals surface area contributed by atoms with Crippen LogP contribution in [0.5, 0.6) is 11.5 Å². The molecule has 0 bridgehead atoms. The molecule has 0 fully saturated rings. The molecule has 0 aliphatic carbocycles. The Labute approximate surface area is 124 Å².